The van der Waals surface area contributed by atoms with Crippen LogP contribution in [0.25, 0.3) is 0 Å². The first-order valence-electron chi connectivity index (χ1n) is 0. The Labute approximate surface area is 420 Å². The number of hydrogen-bond donors (Lipinski definition) is 0. The predicted molar refractivity (Wildman–Crippen MR) is 85.4 cm³/mol. The van der Waals surface area contributed by atoms with Crippen molar-refractivity contribution in [3.05, 3.63) is 0 Å². The van der Waals surface area contributed by atoms with Gasteiger partial charge in [0, 0.05) is 261 Å². The molecule has 0 fully saturated rings. The van der Waals surface area contributed by atoms with E-state index in [-0.39, 0.29) is 432 Å². The molecule has 22 heavy (non-hydrogen) atoms. The molecule has 0 heterocycles. The third-order valence-corrected chi connectivity index (χ3v) is 0. The minimum Gasteiger partial charge on any atom is -2.00 e. The van der Waals surface area contributed by atoms with Crippen molar-refractivity contribution in [2.24, 2.45) is 0 Å². The zero-order valence-corrected chi connectivity index (χ0v) is 49.6. The fraction of sp³-hybridized carbons (Fsp3) is 0. The van der Waals surface area contributed by atoms with Gasteiger partial charge in [0.25, 0.3) is 0 Å². The largest absolute Gasteiger partial charge is 3.00 e. The molecule has 0 saturated heterocycles. The number of hydrogen-bond acceptors (Lipinski definition) is 0. The number of rotatable bonds is 0. The van der Waals surface area contributed by atoms with Crippen LogP contribution in [0.1, 0.15) is 0 Å². The van der Waals surface area contributed by atoms with Crippen LogP contribution in [0.3, 0.4) is 0 Å². The molecule has 0 aromatic rings. The maximum absolute atomic E-state index is 0. The van der Waals surface area contributed by atoms with E-state index in [9.17, 15) is 0 Å². The summed E-state index contributed by atoms with van der Waals surface area (Å²) in [5.74, 6) is 0. The summed E-state index contributed by atoms with van der Waals surface area (Å²) in [4.78, 5) is 0. The van der Waals surface area contributed by atoms with E-state index in [0.717, 1.165) is 0 Å². The van der Waals surface area contributed by atoms with Crippen molar-refractivity contribution in [3.8, 4) is 0 Å². The second-order valence-corrected chi connectivity index (χ2v) is 0. The molecule has 0 saturated carbocycles. The quantitative estimate of drug-likeness (QED) is 0.217. The van der Waals surface area contributed by atoms with Gasteiger partial charge in [0.15, 0.2) is 0 Å². The molecule has 0 aliphatic rings. The molecule has 0 rings (SSSR count). The second kappa shape index (κ2) is 210. The smallest absolute Gasteiger partial charge is 2.00 e. The molecule has 0 atom stereocenters. The van der Waals surface area contributed by atoms with E-state index in [0.29, 0.717) is 0 Å². The van der Waals surface area contributed by atoms with Gasteiger partial charge in [-0.2, -0.15) is 0 Å². The van der Waals surface area contributed by atoms with Crippen molar-refractivity contribution < 1.29 is 158 Å². The molecule has 0 bridgehead atoms. The van der Waals surface area contributed by atoms with Crippen LogP contribution in [0.2, 0.25) is 0 Å². The Kier molecular flexibility index (Phi) is 2190. The standard InChI is InChI=1S/4Ag.4Cu.4Ga.4In.3S.3Se/q;;;;;;;;4*+3;;;;;6*-2. The van der Waals surface area contributed by atoms with Crippen molar-refractivity contribution >= 4 is 274 Å². The molecule has 148 valence electrons. The molecule has 0 aliphatic carbocycles. The van der Waals surface area contributed by atoms with Gasteiger partial charge in [0.1, 0.15) is 0 Å². The maximum atomic E-state index is 0. The fourth-order valence-corrected chi connectivity index (χ4v) is 0. The summed E-state index contributed by atoms with van der Waals surface area (Å²) in [5, 5.41) is 0. The van der Waals surface area contributed by atoms with Crippen LogP contribution < -0.4 is 0 Å². The van der Waals surface area contributed by atoms with E-state index >= 15 is 0 Å². The minimum atomic E-state index is 0. The van der Waals surface area contributed by atoms with E-state index < -0.39 is 0 Å². The van der Waals surface area contributed by atoms with Crippen LogP contribution >= 0.6 is 0 Å². The molecule has 20 radical (unpaired) electrons. The van der Waals surface area contributed by atoms with Crippen LogP contribution in [-0.4, -0.2) is 234 Å². The first-order valence-corrected chi connectivity index (χ1v) is 0. The van der Waals surface area contributed by atoms with Gasteiger partial charge < -0.3 is 91.7 Å². The Bertz CT molecular complexity index is 56.6. The van der Waals surface area contributed by atoms with Crippen LogP contribution in [-0.2, 0) is 198 Å². The molecular weight excluding hydrogens is 1760 g/mol. The first kappa shape index (κ1) is 229. The zero-order chi connectivity index (χ0) is 0. The average molecular weight is 1760 g/mol. The van der Waals surface area contributed by atoms with E-state index in [4.69, 9.17) is 0 Å². The van der Waals surface area contributed by atoms with Gasteiger partial charge in [-0.25, -0.2) is 0 Å². The summed E-state index contributed by atoms with van der Waals surface area (Å²) in [6, 6.07) is 0. The van der Waals surface area contributed by atoms with Crippen LogP contribution in [0, 0.1) is 0 Å². The molecule has 0 N–H and O–H groups in total. The van der Waals surface area contributed by atoms with Gasteiger partial charge in [-0.15, -0.1) is 0 Å². The van der Waals surface area contributed by atoms with E-state index in [2.05, 4.69) is 0 Å². The summed E-state index contributed by atoms with van der Waals surface area (Å²) in [7, 11) is 0. The molecule has 0 spiro atoms. The monoisotopic (exact) mass is 1750 g/mol. The van der Waals surface area contributed by atoms with Crippen LogP contribution in [0.4, 0.5) is 0 Å². The second-order valence-electron chi connectivity index (χ2n) is 0. The SMILES string of the molecule is [Ag].[Ag].[Ag].[Ag].[Cu].[Cu].[Cu].[Cu].[Ga+3].[Ga+3].[Ga+3].[Ga+3].[In].[In].[In].[In].[S-2].[S-2].[S-2].[Se-2].[Se-2].[Se-2]. The van der Waals surface area contributed by atoms with Gasteiger partial charge in [-0.3, -0.25) is 0 Å². The third kappa shape index (κ3) is 192. The van der Waals surface area contributed by atoms with Crippen molar-refractivity contribution in [1.29, 1.82) is 0 Å². The molecule has 0 unspecified atom stereocenters. The molecule has 0 amide bonds. The van der Waals surface area contributed by atoms with Crippen molar-refractivity contribution in [2.75, 3.05) is 0 Å². The summed E-state index contributed by atoms with van der Waals surface area (Å²) < 4.78 is 0. The van der Waals surface area contributed by atoms with E-state index in [1.807, 2.05) is 0 Å². The van der Waals surface area contributed by atoms with Gasteiger partial charge >= 0.3 is 79.2 Å². The Morgan fingerprint density at radius 1 is 0.273 bits per heavy atom. The van der Waals surface area contributed by atoms with E-state index in [1.54, 1.807) is 0 Å². The van der Waals surface area contributed by atoms with Gasteiger partial charge in [-0.05, 0) is 0 Å². The van der Waals surface area contributed by atoms with Crippen molar-refractivity contribution in [3.63, 3.8) is 0 Å². The Morgan fingerprint density at radius 3 is 0.273 bits per heavy atom. The van der Waals surface area contributed by atoms with Gasteiger partial charge in [0.05, 0.1) is 0 Å². The zero-order valence-electron chi connectivity index (χ0n) is 9.48. The molecule has 0 aliphatic heterocycles. The topological polar surface area (TPSA) is 0 Å². The Morgan fingerprint density at radius 2 is 0.273 bits per heavy atom. The van der Waals surface area contributed by atoms with Crippen LogP contribution in [0.15, 0.2) is 0 Å². The molecule has 0 aromatic heterocycles. The third-order valence-electron chi connectivity index (χ3n) is 0. The Balaban J connectivity index is 0. The predicted octanol–water partition coefficient (Wildman–Crippen LogP) is -4.22. The summed E-state index contributed by atoms with van der Waals surface area (Å²) >= 11 is 0. The molecule has 0 nitrogen and oxygen atoms in total. The average Bonchev–Trinajstić information content (AvgIpc) is 0. The van der Waals surface area contributed by atoms with E-state index in [1.165, 1.54) is 0 Å². The molecule has 0 aromatic carbocycles. The minimum absolute atomic E-state index is 0. The van der Waals surface area contributed by atoms with Gasteiger partial charge in [0.2, 0.25) is 0 Å². The summed E-state index contributed by atoms with van der Waals surface area (Å²) in [6.07, 6.45) is 0. The van der Waals surface area contributed by atoms with Crippen molar-refractivity contribution in [2.45, 2.75) is 0 Å². The normalized spacial score (nSPS) is 0. The van der Waals surface area contributed by atoms with Gasteiger partial charge in [-0.1, -0.05) is 0 Å². The summed E-state index contributed by atoms with van der Waals surface area (Å²) in [5.41, 5.74) is 0. The Hall–Kier alpha value is 13.7. The first-order chi connectivity index (χ1) is 0. The fourth-order valence-electron chi connectivity index (χ4n) is 0. The van der Waals surface area contributed by atoms with Crippen molar-refractivity contribution in [1.82, 2.24) is 0 Å². The molecular formula is Ag4Cu4Ga4In4S3Se3. The molecule has 22 heteroatoms. The summed E-state index contributed by atoms with van der Waals surface area (Å²) in [6.45, 7) is 0. The maximum Gasteiger partial charge on any atom is 3.00 e. The van der Waals surface area contributed by atoms with Crippen LogP contribution in [0.5, 0.6) is 0 Å².